The van der Waals surface area contributed by atoms with Crippen molar-refractivity contribution in [3.8, 4) is 0 Å². The molecule has 2 aliphatic rings. The third-order valence-electron chi connectivity index (χ3n) is 6.12. The lowest BCUT2D eigenvalue weighted by Gasteiger charge is -2.48. The highest BCUT2D eigenvalue weighted by Gasteiger charge is 2.38. The monoisotopic (exact) mass is 381 g/mol. The molecule has 1 aliphatic carbocycles. The zero-order valence-electron chi connectivity index (χ0n) is 15.5. The Morgan fingerprint density at radius 1 is 1.27 bits per heavy atom. The van der Waals surface area contributed by atoms with Gasteiger partial charge in [-0.15, -0.1) is 0 Å². The van der Waals surface area contributed by atoms with Gasteiger partial charge < -0.3 is 10.1 Å². The number of nitrogens with zero attached hydrogens (tertiary/aromatic N) is 2. The minimum atomic E-state index is -0.358. The summed E-state index contributed by atoms with van der Waals surface area (Å²) in [6.07, 6.45) is 6.96. The molecule has 1 aromatic rings. The molecule has 1 aliphatic heterocycles. The summed E-state index contributed by atoms with van der Waals surface area (Å²) in [7, 11) is 1.81. The van der Waals surface area contributed by atoms with Gasteiger partial charge in [-0.3, -0.25) is 15.0 Å². The first-order chi connectivity index (χ1) is 12.4. The van der Waals surface area contributed by atoms with Gasteiger partial charge in [-0.25, -0.2) is 0 Å². The molecule has 0 amide bonds. The number of ether oxygens (including phenoxy) is 1. The van der Waals surface area contributed by atoms with Gasteiger partial charge in [0.05, 0.1) is 11.0 Å². The fourth-order valence-corrected chi connectivity index (χ4v) is 4.50. The second kappa shape index (κ2) is 8.11. The lowest BCUT2D eigenvalue weighted by atomic mass is 9.79. The number of anilines is 1. The smallest absolute Gasteiger partial charge is 0.292 e. The van der Waals surface area contributed by atoms with Crippen LogP contribution in [0, 0.1) is 10.1 Å². The van der Waals surface area contributed by atoms with E-state index in [4.69, 9.17) is 16.3 Å². The number of hydrogen-bond donors (Lipinski definition) is 1. The Bertz CT molecular complexity index is 639. The van der Waals surface area contributed by atoms with Crippen LogP contribution in [0.4, 0.5) is 11.4 Å². The quantitative estimate of drug-likeness (QED) is 0.602. The Morgan fingerprint density at radius 3 is 2.50 bits per heavy atom. The molecule has 0 aromatic heterocycles. The number of nitro benzene ring substituents is 1. The summed E-state index contributed by atoms with van der Waals surface area (Å²) in [4.78, 5) is 13.5. The topological polar surface area (TPSA) is 67.6 Å². The maximum absolute atomic E-state index is 11.2. The first-order valence-corrected chi connectivity index (χ1v) is 9.77. The highest BCUT2D eigenvalue weighted by atomic mass is 35.5. The van der Waals surface area contributed by atoms with Crippen LogP contribution < -0.4 is 5.32 Å². The van der Waals surface area contributed by atoms with E-state index in [-0.39, 0.29) is 22.2 Å². The number of nitrogens with one attached hydrogen (secondary N) is 1. The van der Waals surface area contributed by atoms with Crippen molar-refractivity contribution in [2.75, 3.05) is 25.5 Å². The van der Waals surface area contributed by atoms with Gasteiger partial charge in [-0.2, -0.15) is 0 Å². The molecule has 0 bridgehead atoms. The van der Waals surface area contributed by atoms with Crippen LogP contribution in [-0.2, 0) is 4.74 Å². The van der Waals surface area contributed by atoms with Crippen LogP contribution in [-0.4, -0.2) is 47.7 Å². The molecule has 1 heterocycles. The first-order valence-electron chi connectivity index (χ1n) is 9.39. The van der Waals surface area contributed by atoms with Crippen LogP contribution in [0.2, 0.25) is 5.02 Å². The summed E-state index contributed by atoms with van der Waals surface area (Å²) in [5, 5.41) is 15.1. The Balaban J connectivity index is 1.58. The van der Waals surface area contributed by atoms with Crippen molar-refractivity contribution in [1.82, 2.24) is 4.90 Å². The Hall–Kier alpha value is -1.37. The number of benzene rings is 1. The number of piperidine rings is 1. The minimum absolute atomic E-state index is 0.0849. The number of nitro groups is 1. The molecule has 6 nitrogen and oxygen atoms in total. The van der Waals surface area contributed by atoms with E-state index < -0.39 is 0 Å². The van der Waals surface area contributed by atoms with E-state index in [1.165, 1.54) is 18.9 Å². The zero-order valence-corrected chi connectivity index (χ0v) is 16.3. The predicted molar refractivity (Wildman–Crippen MR) is 104 cm³/mol. The second-order valence-corrected chi connectivity index (χ2v) is 8.19. The van der Waals surface area contributed by atoms with Crippen molar-refractivity contribution in [3.63, 3.8) is 0 Å². The van der Waals surface area contributed by atoms with Crippen LogP contribution in [0.1, 0.15) is 45.4 Å². The highest BCUT2D eigenvalue weighted by Crippen LogP contribution is 2.37. The van der Waals surface area contributed by atoms with Gasteiger partial charge in [0.25, 0.3) is 5.69 Å². The Labute approximate surface area is 160 Å². The van der Waals surface area contributed by atoms with Crippen LogP contribution in [0.3, 0.4) is 0 Å². The Kier molecular flexibility index (Phi) is 6.05. The molecular weight excluding hydrogens is 354 g/mol. The van der Waals surface area contributed by atoms with Crippen LogP contribution in [0.15, 0.2) is 18.2 Å². The molecule has 1 N–H and O–H groups in total. The van der Waals surface area contributed by atoms with Crippen molar-refractivity contribution in [1.29, 1.82) is 0 Å². The molecule has 1 saturated carbocycles. The van der Waals surface area contributed by atoms with Gasteiger partial charge in [0.2, 0.25) is 0 Å². The molecule has 2 fully saturated rings. The third-order valence-corrected chi connectivity index (χ3v) is 6.35. The molecule has 0 spiro atoms. The van der Waals surface area contributed by atoms with Crippen LogP contribution in [0.5, 0.6) is 0 Å². The van der Waals surface area contributed by atoms with Gasteiger partial charge in [0.15, 0.2) is 0 Å². The average Bonchev–Trinajstić information content (AvgIpc) is 2.63. The summed E-state index contributed by atoms with van der Waals surface area (Å²) in [6.45, 7) is 4.40. The van der Waals surface area contributed by atoms with E-state index in [9.17, 15) is 10.1 Å². The van der Waals surface area contributed by atoms with E-state index in [2.05, 4.69) is 17.1 Å². The maximum atomic E-state index is 11.2. The van der Waals surface area contributed by atoms with Crippen LogP contribution >= 0.6 is 11.6 Å². The standard InChI is InChI=1S/C19H28ClN3O3/c1-19(9-5-16(26-2)6-10-19)22-11-7-15(8-12-22)21-17-13-14(20)3-4-18(17)23(24)25/h3-4,13,15-16,21H,5-12H2,1-2H3. The summed E-state index contributed by atoms with van der Waals surface area (Å²) >= 11 is 6.02. The molecule has 26 heavy (non-hydrogen) atoms. The summed E-state index contributed by atoms with van der Waals surface area (Å²) < 4.78 is 5.50. The average molecular weight is 382 g/mol. The van der Waals surface area contributed by atoms with Crippen molar-refractivity contribution in [2.45, 2.75) is 63.1 Å². The molecule has 3 rings (SSSR count). The molecule has 1 saturated heterocycles. The van der Waals surface area contributed by atoms with E-state index in [1.807, 2.05) is 0 Å². The van der Waals surface area contributed by atoms with Crippen molar-refractivity contribution < 1.29 is 9.66 Å². The zero-order chi connectivity index (χ0) is 18.7. The first kappa shape index (κ1) is 19.4. The molecule has 7 heteroatoms. The molecular formula is C19H28ClN3O3. The van der Waals surface area contributed by atoms with Gasteiger partial charge in [0.1, 0.15) is 5.69 Å². The molecule has 144 valence electrons. The fraction of sp³-hybridized carbons (Fsp3) is 0.684. The van der Waals surface area contributed by atoms with Crippen molar-refractivity contribution >= 4 is 23.0 Å². The molecule has 0 atom stereocenters. The van der Waals surface area contributed by atoms with Crippen molar-refractivity contribution in [2.24, 2.45) is 0 Å². The largest absolute Gasteiger partial charge is 0.381 e. The summed E-state index contributed by atoms with van der Waals surface area (Å²) in [6, 6.07) is 4.92. The number of rotatable bonds is 5. The lowest BCUT2D eigenvalue weighted by Crippen LogP contribution is -2.53. The van der Waals surface area contributed by atoms with Gasteiger partial charge in [0, 0.05) is 42.9 Å². The molecule has 1 aromatic carbocycles. The normalized spacial score (nSPS) is 28.0. The van der Waals surface area contributed by atoms with Crippen LogP contribution in [0.25, 0.3) is 0 Å². The summed E-state index contributed by atoms with van der Waals surface area (Å²) in [5.74, 6) is 0. The number of likely N-dealkylation sites (tertiary alicyclic amines) is 1. The minimum Gasteiger partial charge on any atom is -0.381 e. The predicted octanol–water partition coefficient (Wildman–Crippen LogP) is 4.47. The van der Waals surface area contributed by atoms with Crippen molar-refractivity contribution in [3.05, 3.63) is 33.3 Å². The SMILES string of the molecule is COC1CCC(C)(N2CCC(Nc3cc(Cl)ccc3[N+](=O)[O-])CC2)CC1. The van der Waals surface area contributed by atoms with Gasteiger partial charge in [-0.05, 0) is 57.6 Å². The maximum Gasteiger partial charge on any atom is 0.292 e. The molecule has 0 radical (unpaired) electrons. The Morgan fingerprint density at radius 2 is 1.92 bits per heavy atom. The number of hydrogen-bond acceptors (Lipinski definition) is 5. The van der Waals surface area contributed by atoms with E-state index in [0.29, 0.717) is 16.8 Å². The van der Waals surface area contributed by atoms with E-state index in [0.717, 1.165) is 38.8 Å². The lowest BCUT2D eigenvalue weighted by molar-refractivity contribution is -0.384. The number of halogens is 1. The molecule has 0 unspecified atom stereocenters. The second-order valence-electron chi connectivity index (χ2n) is 7.76. The highest BCUT2D eigenvalue weighted by molar-refractivity contribution is 6.31. The number of methoxy groups -OCH3 is 1. The van der Waals surface area contributed by atoms with E-state index >= 15 is 0 Å². The van der Waals surface area contributed by atoms with Gasteiger partial charge in [-0.1, -0.05) is 11.6 Å². The fourth-order valence-electron chi connectivity index (χ4n) is 4.33. The summed E-state index contributed by atoms with van der Waals surface area (Å²) in [5.41, 5.74) is 0.858. The van der Waals surface area contributed by atoms with E-state index in [1.54, 1.807) is 19.2 Å². The third kappa shape index (κ3) is 4.30. The van der Waals surface area contributed by atoms with Gasteiger partial charge >= 0.3 is 0 Å².